The number of aliphatic hydroxyl groups is 2. The van der Waals surface area contributed by atoms with Crippen molar-refractivity contribution in [2.45, 2.75) is 31.5 Å². The molecule has 2 unspecified atom stereocenters. The van der Waals surface area contributed by atoms with Gasteiger partial charge in [-0.1, -0.05) is 0 Å². The van der Waals surface area contributed by atoms with Crippen LogP contribution >= 0.6 is 7.82 Å². The zero-order valence-corrected chi connectivity index (χ0v) is 9.69. The van der Waals surface area contributed by atoms with Gasteiger partial charge < -0.3 is 29.5 Å². The van der Waals surface area contributed by atoms with Crippen molar-refractivity contribution in [1.29, 1.82) is 0 Å². The summed E-state index contributed by atoms with van der Waals surface area (Å²) < 4.78 is 23.9. The van der Waals surface area contributed by atoms with Gasteiger partial charge >= 0.3 is 13.8 Å². The minimum atomic E-state index is -4.69. The van der Waals surface area contributed by atoms with Crippen molar-refractivity contribution in [3.63, 3.8) is 0 Å². The molecule has 0 amide bonds. The summed E-state index contributed by atoms with van der Waals surface area (Å²) in [4.78, 5) is 27.5. The fraction of sp³-hybridized carbons (Fsp3) is 0.857. The van der Waals surface area contributed by atoms with Crippen molar-refractivity contribution < 1.29 is 43.4 Å². The van der Waals surface area contributed by atoms with Gasteiger partial charge in [0.25, 0.3) is 0 Å². The van der Waals surface area contributed by atoms with Gasteiger partial charge in [-0.15, -0.1) is 0 Å². The molecule has 0 spiro atoms. The van der Waals surface area contributed by atoms with Crippen LogP contribution in [0.1, 0.15) is 6.92 Å². The maximum absolute atomic E-state index is 10.7. The molecule has 1 saturated heterocycles. The number of carbonyl (C=O) groups is 1. The van der Waals surface area contributed by atoms with Gasteiger partial charge in [0.05, 0.1) is 6.61 Å². The highest BCUT2D eigenvalue weighted by atomic mass is 31.2. The SMILES string of the molecule is CC(=O)OC1C(O)O[C@H](COP(=O)(O)O)[C@@H]1O. The third kappa shape index (κ3) is 4.32. The standard InChI is InChI=1S/C7H13O9P/c1-3(8)15-6-5(9)4(16-7(6)10)2-14-17(11,12)13/h4-7,9-10H,2H2,1H3,(H2,11,12,13)/t4-,5+,6?,7?/m1/s1. The molecule has 17 heavy (non-hydrogen) atoms. The van der Waals surface area contributed by atoms with Gasteiger partial charge in [-0.2, -0.15) is 0 Å². The third-order valence-corrected chi connectivity index (χ3v) is 2.51. The summed E-state index contributed by atoms with van der Waals surface area (Å²) in [6.45, 7) is 0.444. The fourth-order valence-corrected chi connectivity index (χ4v) is 1.69. The molecule has 4 atom stereocenters. The maximum Gasteiger partial charge on any atom is 0.469 e. The number of esters is 1. The van der Waals surface area contributed by atoms with E-state index in [1.165, 1.54) is 0 Å². The molecule has 1 heterocycles. The molecule has 100 valence electrons. The lowest BCUT2D eigenvalue weighted by Crippen LogP contribution is -2.37. The fourth-order valence-electron chi connectivity index (χ4n) is 1.35. The first-order valence-electron chi connectivity index (χ1n) is 4.59. The number of phosphoric acid groups is 1. The van der Waals surface area contributed by atoms with E-state index in [2.05, 4.69) is 9.26 Å². The van der Waals surface area contributed by atoms with E-state index in [4.69, 9.17) is 14.5 Å². The Balaban J connectivity index is 2.55. The van der Waals surface area contributed by atoms with Gasteiger partial charge in [0.15, 0.2) is 12.4 Å². The van der Waals surface area contributed by atoms with Crippen LogP contribution < -0.4 is 0 Å². The van der Waals surface area contributed by atoms with E-state index in [1.807, 2.05) is 0 Å². The van der Waals surface area contributed by atoms with Gasteiger partial charge in [-0.05, 0) is 0 Å². The van der Waals surface area contributed by atoms with Crippen LogP contribution in [0.4, 0.5) is 0 Å². The van der Waals surface area contributed by atoms with Crippen LogP contribution in [-0.2, 0) is 23.4 Å². The van der Waals surface area contributed by atoms with Crippen molar-refractivity contribution in [1.82, 2.24) is 0 Å². The summed E-state index contributed by atoms with van der Waals surface area (Å²) in [5, 5.41) is 18.9. The number of hydrogen-bond donors (Lipinski definition) is 4. The van der Waals surface area contributed by atoms with Gasteiger partial charge in [-0.3, -0.25) is 9.32 Å². The first-order valence-corrected chi connectivity index (χ1v) is 6.12. The molecule has 0 aromatic heterocycles. The largest absolute Gasteiger partial charge is 0.469 e. The van der Waals surface area contributed by atoms with Crippen LogP contribution in [0.5, 0.6) is 0 Å². The molecule has 9 nitrogen and oxygen atoms in total. The first-order chi connectivity index (χ1) is 7.70. The molecule has 0 aromatic carbocycles. The molecule has 1 aliphatic rings. The van der Waals surface area contributed by atoms with E-state index >= 15 is 0 Å². The lowest BCUT2D eigenvalue weighted by molar-refractivity contribution is -0.170. The van der Waals surface area contributed by atoms with Crippen molar-refractivity contribution in [3.8, 4) is 0 Å². The Labute approximate surface area is 96.2 Å². The van der Waals surface area contributed by atoms with E-state index in [0.29, 0.717) is 0 Å². The van der Waals surface area contributed by atoms with Gasteiger partial charge in [0.2, 0.25) is 0 Å². The topological polar surface area (TPSA) is 143 Å². The Kier molecular flexibility index (Phi) is 4.62. The molecule has 1 aliphatic heterocycles. The summed E-state index contributed by atoms with van der Waals surface area (Å²) in [7, 11) is -4.69. The number of ether oxygens (including phenoxy) is 2. The Morgan fingerprint density at radius 2 is 2.00 bits per heavy atom. The molecule has 10 heteroatoms. The predicted octanol–water partition coefficient (Wildman–Crippen LogP) is -1.89. The van der Waals surface area contributed by atoms with Crippen LogP contribution in [0.2, 0.25) is 0 Å². The van der Waals surface area contributed by atoms with Crippen molar-refractivity contribution in [3.05, 3.63) is 0 Å². The van der Waals surface area contributed by atoms with E-state index in [0.717, 1.165) is 6.92 Å². The number of aliphatic hydroxyl groups excluding tert-OH is 2. The summed E-state index contributed by atoms with van der Waals surface area (Å²) in [6.07, 6.45) is -5.50. The zero-order chi connectivity index (χ0) is 13.2. The average molecular weight is 272 g/mol. The predicted molar refractivity (Wildman–Crippen MR) is 50.4 cm³/mol. The Morgan fingerprint density at radius 1 is 1.41 bits per heavy atom. The third-order valence-electron chi connectivity index (χ3n) is 2.02. The van der Waals surface area contributed by atoms with Crippen LogP contribution in [-0.4, -0.2) is 57.2 Å². The second-order valence-electron chi connectivity index (χ2n) is 3.42. The number of carbonyl (C=O) groups excluding carboxylic acids is 1. The maximum atomic E-state index is 10.7. The quantitative estimate of drug-likeness (QED) is 0.341. The second kappa shape index (κ2) is 5.40. The lowest BCUT2D eigenvalue weighted by Gasteiger charge is -2.17. The lowest BCUT2D eigenvalue weighted by atomic mass is 10.1. The van der Waals surface area contributed by atoms with Gasteiger partial charge in [-0.25, -0.2) is 4.57 Å². The molecule has 0 saturated carbocycles. The zero-order valence-electron chi connectivity index (χ0n) is 8.79. The molecule has 1 fully saturated rings. The first kappa shape index (κ1) is 14.5. The van der Waals surface area contributed by atoms with Crippen LogP contribution in [0, 0.1) is 0 Å². The minimum Gasteiger partial charge on any atom is -0.454 e. The molecular weight excluding hydrogens is 259 g/mol. The number of phosphoric ester groups is 1. The summed E-state index contributed by atoms with van der Waals surface area (Å²) >= 11 is 0. The van der Waals surface area contributed by atoms with E-state index in [-0.39, 0.29) is 0 Å². The Bertz CT molecular complexity index is 325. The minimum absolute atomic E-state index is 0.639. The van der Waals surface area contributed by atoms with Gasteiger partial charge in [0, 0.05) is 6.92 Å². The average Bonchev–Trinajstić information content (AvgIpc) is 2.41. The highest BCUT2D eigenvalue weighted by Crippen LogP contribution is 2.37. The summed E-state index contributed by atoms with van der Waals surface area (Å²) in [6, 6.07) is 0. The smallest absolute Gasteiger partial charge is 0.454 e. The molecular formula is C7H13O9P. The highest BCUT2D eigenvalue weighted by molar-refractivity contribution is 7.46. The van der Waals surface area contributed by atoms with Gasteiger partial charge in [0.1, 0.15) is 12.2 Å². The second-order valence-corrected chi connectivity index (χ2v) is 4.66. The van der Waals surface area contributed by atoms with E-state index in [1.54, 1.807) is 0 Å². The monoisotopic (exact) mass is 272 g/mol. The molecule has 0 aromatic rings. The molecule has 4 N–H and O–H groups in total. The Hall–Kier alpha value is -0.540. The molecule has 0 radical (unpaired) electrons. The number of rotatable bonds is 4. The van der Waals surface area contributed by atoms with E-state index < -0.39 is 45.0 Å². The van der Waals surface area contributed by atoms with Crippen LogP contribution in [0.25, 0.3) is 0 Å². The van der Waals surface area contributed by atoms with Crippen molar-refractivity contribution in [2.75, 3.05) is 6.61 Å². The Morgan fingerprint density at radius 3 is 2.47 bits per heavy atom. The molecule has 0 aliphatic carbocycles. The summed E-state index contributed by atoms with van der Waals surface area (Å²) in [5.41, 5.74) is 0. The van der Waals surface area contributed by atoms with E-state index in [9.17, 15) is 19.6 Å². The van der Waals surface area contributed by atoms with Crippen LogP contribution in [0.15, 0.2) is 0 Å². The normalized spacial score (nSPS) is 33.7. The van der Waals surface area contributed by atoms with Crippen molar-refractivity contribution in [2.24, 2.45) is 0 Å². The highest BCUT2D eigenvalue weighted by Gasteiger charge is 2.45. The molecule has 0 bridgehead atoms. The van der Waals surface area contributed by atoms with Crippen LogP contribution in [0.3, 0.4) is 0 Å². The number of hydrogen-bond acceptors (Lipinski definition) is 7. The summed E-state index contributed by atoms with van der Waals surface area (Å²) in [5.74, 6) is -0.728. The van der Waals surface area contributed by atoms with Crippen molar-refractivity contribution >= 4 is 13.8 Å². The molecule has 1 rings (SSSR count).